The number of hydrazine groups is 1. The fraction of sp³-hybridized carbons (Fsp3) is 0.304. The van der Waals surface area contributed by atoms with Gasteiger partial charge in [-0.2, -0.15) is 15.1 Å². The first kappa shape index (κ1) is 25.3. The fourth-order valence-electron chi connectivity index (χ4n) is 3.57. The molecule has 0 bridgehead atoms. The van der Waals surface area contributed by atoms with E-state index in [1.165, 1.54) is 11.1 Å². The van der Waals surface area contributed by atoms with Crippen molar-refractivity contribution in [3.63, 3.8) is 0 Å². The molecule has 0 spiro atoms. The van der Waals surface area contributed by atoms with Crippen LogP contribution in [0, 0.1) is 0 Å². The van der Waals surface area contributed by atoms with Crippen LogP contribution in [0.2, 0.25) is 10.0 Å². The number of amides is 3. The minimum absolute atomic E-state index is 0.00437. The molecule has 0 aliphatic carbocycles. The summed E-state index contributed by atoms with van der Waals surface area (Å²) in [7, 11) is 0. The zero-order chi connectivity index (χ0) is 24.9. The predicted molar refractivity (Wildman–Crippen MR) is 129 cm³/mol. The van der Waals surface area contributed by atoms with Gasteiger partial charge in [0, 0.05) is 16.5 Å². The van der Waals surface area contributed by atoms with Crippen LogP contribution in [0.1, 0.15) is 26.3 Å². The third-order valence-electron chi connectivity index (χ3n) is 5.17. The highest BCUT2D eigenvalue weighted by atomic mass is 35.5. The number of ether oxygens (including phenoxy) is 2. The van der Waals surface area contributed by atoms with Crippen molar-refractivity contribution in [1.82, 2.24) is 10.4 Å². The van der Waals surface area contributed by atoms with Crippen molar-refractivity contribution in [1.29, 1.82) is 0 Å². The van der Waals surface area contributed by atoms with Crippen LogP contribution in [0.4, 0.5) is 15.3 Å². The zero-order valence-corrected chi connectivity index (χ0v) is 20.4. The molecule has 1 heterocycles. The largest absolute Gasteiger partial charge is 0.449 e. The zero-order valence-electron chi connectivity index (χ0n) is 18.9. The Morgan fingerprint density at radius 3 is 2.38 bits per heavy atom. The van der Waals surface area contributed by atoms with Crippen LogP contribution in [0.15, 0.2) is 53.6 Å². The minimum Gasteiger partial charge on any atom is -0.449 e. The SMILES string of the molecule is CCOC(=O)NN(C(=O)OCC)[C@@]1(Cc2ccc(Cl)cc2Cl)C(=O)N(c2ccccc2)N=C1C. The number of benzene rings is 2. The molecule has 9 nitrogen and oxygen atoms in total. The molecule has 3 amide bonds. The van der Waals surface area contributed by atoms with Gasteiger partial charge in [0.2, 0.25) is 0 Å². The summed E-state index contributed by atoms with van der Waals surface area (Å²) in [4.78, 5) is 39.5. The minimum atomic E-state index is -1.80. The second-order valence-corrected chi connectivity index (χ2v) is 8.12. The molecule has 3 rings (SSSR count). The summed E-state index contributed by atoms with van der Waals surface area (Å²) in [6.07, 6.45) is -2.01. The standard InChI is InChI=1S/C23H24Cl2N4O5/c1-4-33-21(31)27-29(22(32)34-5-2)23(14-16-11-12-17(24)13-19(16)25)15(3)26-28(20(23)30)18-9-7-6-8-10-18/h6-13H,4-5,14H2,1-3H3,(H,27,31)/t23-/m1/s1. The highest BCUT2D eigenvalue weighted by Gasteiger charge is 2.57. The van der Waals surface area contributed by atoms with E-state index in [2.05, 4.69) is 10.5 Å². The summed E-state index contributed by atoms with van der Waals surface area (Å²) in [5, 5.41) is 7.13. The Morgan fingerprint density at radius 2 is 1.76 bits per heavy atom. The van der Waals surface area contributed by atoms with Gasteiger partial charge in [-0.3, -0.25) is 4.79 Å². The molecule has 0 aromatic heterocycles. The van der Waals surface area contributed by atoms with E-state index in [-0.39, 0.29) is 30.4 Å². The molecular weight excluding hydrogens is 483 g/mol. The Bertz CT molecular complexity index is 1110. The number of anilines is 1. The van der Waals surface area contributed by atoms with Crippen LogP contribution in [-0.4, -0.2) is 47.6 Å². The number of rotatable bonds is 6. The van der Waals surface area contributed by atoms with Crippen molar-refractivity contribution < 1.29 is 23.9 Å². The molecule has 0 saturated carbocycles. The van der Waals surface area contributed by atoms with E-state index < -0.39 is 23.6 Å². The topological polar surface area (TPSA) is 101 Å². The van der Waals surface area contributed by atoms with Gasteiger partial charge in [-0.15, -0.1) is 0 Å². The van der Waals surface area contributed by atoms with Gasteiger partial charge < -0.3 is 9.47 Å². The summed E-state index contributed by atoms with van der Waals surface area (Å²) in [5.74, 6) is -0.591. The lowest BCUT2D eigenvalue weighted by Crippen LogP contribution is -2.68. The molecule has 0 fully saturated rings. The van der Waals surface area contributed by atoms with E-state index in [4.69, 9.17) is 32.7 Å². The van der Waals surface area contributed by atoms with Crippen LogP contribution in [0.3, 0.4) is 0 Å². The van der Waals surface area contributed by atoms with Crippen molar-refractivity contribution in [2.24, 2.45) is 5.10 Å². The maximum atomic E-state index is 14.0. The van der Waals surface area contributed by atoms with E-state index in [1.54, 1.807) is 63.2 Å². The third kappa shape index (κ3) is 4.95. The first-order valence-corrected chi connectivity index (χ1v) is 11.3. The van der Waals surface area contributed by atoms with Crippen molar-refractivity contribution in [3.8, 4) is 0 Å². The van der Waals surface area contributed by atoms with Crippen LogP contribution in [0.25, 0.3) is 0 Å². The number of hydrogen-bond acceptors (Lipinski definition) is 6. The molecule has 1 atom stereocenters. The number of halogens is 2. The Labute approximate surface area is 207 Å². The average Bonchev–Trinajstić information content (AvgIpc) is 3.05. The number of para-hydroxylation sites is 1. The Morgan fingerprint density at radius 1 is 1.09 bits per heavy atom. The number of carbonyl (C=O) groups is 3. The van der Waals surface area contributed by atoms with Crippen molar-refractivity contribution in [2.45, 2.75) is 32.7 Å². The highest BCUT2D eigenvalue weighted by molar-refractivity contribution is 6.35. The van der Waals surface area contributed by atoms with Gasteiger partial charge >= 0.3 is 12.2 Å². The first-order valence-electron chi connectivity index (χ1n) is 10.5. The monoisotopic (exact) mass is 506 g/mol. The summed E-state index contributed by atoms with van der Waals surface area (Å²) in [5.41, 5.74) is 1.79. The molecule has 0 radical (unpaired) electrons. The molecule has 11 heteroatoms. The highest BCUT2D eigenvalue weighted by Crippen LogP contribution is 2.36. The predicted octanol–water partition coefficient (Wildman–Crippen LogP) is 4.82. The van der Waals surface area contributed by atoms with Crippen LogP contribution in [0.5, 0.6) is 0 Å². The van der Waals surface area contributed by atoms with Gasteiger partial charge in [0.25, 0.3) is 5.91 Å². The summed E-state index contributed by atoms with van der Waals surface area (Å²) < 4.78 is 10.2. The normalized spacial score (nSPS) is 17.3. The lowest BCUT2D eigenvalue weighted by molar-refractivity contribution is -0.126. The lowest BCUT2D eigenvalue weighted by Gasteiger charge is -2.38. The van der Waals surface area contributed by atoms with Gasteiger partial charge in [-0.05, 0) is 50.6 Å². The molecule has 180 valence electrons. The Balaban J connectivity index is 2.17. The fourth-order valence-corrected chi connectivity index (χ4v) is 4.05. The number of nitrogens with zero attached hydrogens (tertiary/aromatic N) is 3. The van der Waals surface area contributed by atoms with Gasteiger partial charge in [0.1, 0.15) is 0 Å². The van der Waals surface area contributed by atoms with Gasteiger partial charge in [0.05, 0.1) is 24.6 Å². The Kier molecular flexibility index (Phi) is 8.01. The molecule has 0 saturated heterocycles. The average molecular weight is 507 g/mol. The third-order valence-corrected chi connectivity index (χ3v) is 5.75. The molecular formula is C23H24Cl2N4O5. The summed E-state index contributed by atoms with van der Waals surface area (Å²) in [6, 6.07) is 13.5. The maximum absolute atomic E-state index is 14.0. The van der Waals surface area contributed by atoms with E-state index in [9.17, 15) is 14.4 Å². The molecule has 2 aromatic carbocycles. The quantitative estimate of drug-likeness (QED) is 0.566. The van der Waals surface area contributed by atoms with Crippen LogP contribution < -0.4 is 10.4 Å². The van der Waals surface area contributed by atoms with E-state index in [1.807, 2.05) is 0 Å². The van der Waals surface area contributed by atoms with Gasteiger partial charge in [-0.25, -0.2) is 15.0 Å². The molecule has 1 aliphatic rings. The second kappa shape index (κ2) is 10.8. The molecule has 1 aliphatic heterocycles. The smallest absolute Gasteiger partial charge is 0.430 e. The Hall–Kier alpha value is -3.30. The van der Waals surface area contributed by atoms with E-state index in [0.717, 1.165) is 5.01 Å². The molecule has 1 N–H and O–H groups in total. The van der Waals surface area contributed by atoms with Crippen molar-refractivity contribution >= 4 is 52.7 Å². The number of nitrogens with one attached hydrogen (secondary N) is 1. The maximum Gasteiger partial charge on any atom is 0.430 e. The van der Waals surface area contributed by atoms with Gasteiger partial charge in [0.15, 0.2) is 5.54 Å². The number of hydrogen-bond donors (Lipinski definition) is 1. The van der Waals surface area contributed by atoms with Crippen molar-refractivity contribution in [3.05, 3.63) is 64.1 Å². The lowest BCUT2D eigenvalue weighted by atomic mass is 9.85. The second-order valence-electron chi connectivity index (χ2n) is 7.28. The summed E-state index contributed by atoms with van der Waals surface area (Å²) in [6.45, 7) is 4.86. The van der Waals surface area contributed by atoms with Gasteiger partial charge in [-0.1, -0.05) is 47.5 Å². The van der Waals surface area contributed by atoms with Crippen molar-refractivity contribution in [2.75, 3.05) is 18.2 Å². The van der Waals surface area contributed by atoms with E-state index >= 15 is 0 Å². The van der Waals surface area contributed by atoms with Crippen LogP contribution in [-0.2, 0) is 20.7 Å². The molecule has 34 heavy (non-hydrogen) atoms. The molecule has 0 unspecified atom stereocenters. The van der Waals surface area contributed by atoms with E-state index in [0.29, 0.717) is 16.3 Å². The first-order chi connectivity index (χ1) is 16.2. The molecule has 2 aromatic rings. The number of carbonyl (C=O) groups excluding carboxylic acids is 3. The number of hydrazone groups is 1. The van der Waals surface area contributed by atoms with Crippen LogP contribution >= 0.6 is 23.2 Å². The summed E-state index contributed by atoms with van der Waals surface area (Å²) >= 11 is 12.5.